The van der Waals surface area contributed by atoms with Crippen LogP contribution in [0.25, 0.3) is 0 Å². The van der Waals surface area contributed by atoms with E-state index in [1.165, 1.54) is 0 Å². The van der Waals surface area contributed by atoms with Crippen molar-refractivity contribution in [3.05, 3.63) is 0 Å². The van der Waals surface area contributed by atoms with E-state index in [4.69, 9.17) is 15.3 Å². The number of ether oxygens (including phenoxy) is 2. The number of aliphatic hydroxyl groups is 3. The van der Waals surface area contributed by atoms with Gasteiger partial charge in [-0.1, -0.05) is 0 Å². The third kappa shape index (κ3) is 6.32. The highest BCUT2D eigenvalue weighted by molar-refractivity contribution is 5.61. The molecule has 0 aromatic heterocycles. The molecule has 1 heterocycles. The van der Waals surface area contributed by atoms with Crippen LogP contribution >= 0.6 is 0 Å². The maximum absolute atomic E-state index is 10.0. The Morgan fingerprint density at radius 2 is 2.08 bits per heavy atom. The topological polar surface area (TPSA) is 96.2 Å². The molecule has 0 saturated carbocycles. The second-order valence-corrected chi connectivity index (χ2v) is 2.51. The molecule has 1 saturated heterocycles. The van der Waals surface area contributed by atoms with Gasteiger partial charge in [0.25, 0.3) is 0 Å². The summed E-state index contributed by atoms with van der Waals surface area (Å²) in [6.45, 7) is 1.46. The second kappa shape index (κ2) is 6.64. The van der Waals surface area contributed by atoms with Crippen molar-refractivity contribution in [2.24, 2.45) is 0 Å². The van der Waals surface area contributed by atoms with Gasteiger partial charge in [0.05, 0.1) is 13.2 Å². The Bertz CT molecular complexity index is 144. The van der Waals surface area contributed by atoms with Gasteiger partial charge in [0, 0.05) is 0 Å². The van der Waals surface area contributed by atoms with E-state index in [-0.39, 0.29) is 19.3 Å². The van der Waals surface area contributed by atoms with Crippen LogP contribution in [0.2, 0.25) is 0 Å². The van der Waals surface area contributed by atoms with Crippen LogP contribution in [0.4, 0.5) is 4.79 Å². The van der Waals surface area contributed by atoms with Gasteiger partial charge in [0.15, 0.2) is 0 Å². The van der Waals surface area contributed by atoms with Crippen molar-refractivity contribution in [2.75, 3.05) is 19.8 Å². The summed E-state index contributed by atoms with van der Waals surface area (Å²) in [5.41, 5.74) is 0. The van der Waals surface area contributed by atoms with Gasteiger partial charge >= 0.3 is 6.16 Å². The van der Waals surface area contributed by atoms with Crippen molar-refractivity contribution in [3.8, 4) is 0 Å². The van der Waals surface area contributed by atoms with Crippen LogP contribution < -0.4 is 0 Å². The van der Waals surface area contributed by atoms with Gasteiger partial charge in [0.2, 0.25) is 0 Å². The molecule has 0 bridgehead atoms. The number of cyclic esters (lactones) is 2. The smallest absolute Gasteiger partial charge is 0.430 e. The number of carbonyl (C=O) groups is 1. The Kier molecular flexibility index (Phi) is 6.21. The zero-order chi connectivity index (χ0) is 10.3. The standard InChI is InChI=1S/C4H6O3.C3H8O3/c1-3-2-6-4(5)7-3;4-1-3(6)2-5/h3H,2H2,1H3;3-6H,1-2H2. The molecular weight excluding hydrogens is 180 g/mol. The average Bonchev–Trinajstić information content (AvgIpc) is 2.49. The molecule has 0 amide bonds. The Morgan fingerprint density at radius 3 is 2.15 bits per heavy atom. The van der Waals surface area contributed by atoms with E-state index < -0.39 is 12.3 Å². The van der Waals surface area contributed by atoms with E-state index in [9.17, 15) is 4.79 Å². The van der Waals surface area contributed by atoms with E-state index in [0.717, 1.165) is 0 Å². The van der Waals surface area contributed by atoms with Crippen LogP contribution in [0.1, 0.15) is 6.92 Å². The maximum Gasteiger partial charge on any atom is 0.508 e. The number of carbonyl (C=O) groups excluding carboxylic acids is 1. The minimum Gasteiger partial charge on any atom is -0.430 e. The molecule has 1 aliphatic rings. The van der Waals surface area contributed by atoms with E-state index in [1.54, 1.807) is 6.92 Å². The monoisotopic (exact) mass is 194 g/mol. The quantitative estimate of drug-likeness (QED) is 0.481. The van der Waals surface area contributed by atoms with Crippen molar-refractivity contribution in [2.45, 2.75) is 19.1 Å². The molecular formula is C7H14O6. The molecule has 6 nitrogen and oxygen atoms in total. The highest BCUT2D eigenvalue weighted by Crippen LogP contribution is 2.02. The summed E-state index contributed by atoms with van der Waals surface area (Å²) in [6, 6.07) is 0. The summed E-state index contributed by atoms with van der Waals surface area (Å²) in [5, 5.41) is 24.0. The van der Waals surface area contributed by atoms with Crippen molar-refractivity contribution < 1.29 is 29.6 Å². The minimum absolute atomic E-state index is 0.0486. The first-order valence-corrected chi connectivity index (χ1v) is 3.83. The number of hydrogen-bond donors (Lipinski definition) is 3. The van der Waals surface area contributed by atoms with E-state index >= 15 is 0 Å². The summed E-state index contributed by atoms with van der Waals surface area (Å²) in [6.07, 6.45) is -1.55. The minimum atomic E-state index is -0.954. The lowest BCUT2D eigenvalue weighted by atomic mass is 10.4. The Morgan fingerprint density at radius 1 is 1.54 bits per heavy atom. The number of aliphatic hydroxyl groups excluding tert-OH is 3. The molecule has 0 spiro atoms. The Labute approximate surface area is 75.7 Å². The SMILES string of the molecule is CC1COC(=O)O1.OCC(O)CO. The van der Waals surface area contributed by atoms with Crippen LogP contribution in [0.15, 0.2) is 0 Å². The van der Waals surface area contributed by atoms with Crippen LogP contribution in [0, 0.1) is 0 Å². The molecule has 3 N–H and O–H groups in total. The van der Waals surface area contributed by atoms with Crippen LogP contribution in [0.3, 0.4) is 0 Å². The van der Waals surface area contributed by atoms with Crippen LogP contribution in [-0.2, 0) is 9.47 Å². The summed E-state index contributed by atoms with van der Waals surface area (Å²) in [4.78, 5) is 10.0. The first-order chi connectivity index (χ1) is 6.10. The van der Waals surface area contributed by atoms with Crippen LogP contribution in [0.5, 0.6) is 0 Å². The molecule has 0 aliphatic carbocycles. The molecule has 1 rings (SSSR count). The van der Waals surface area contributed by atoms with Crippen molar-refractivity contribution >= 4 is 6.16 Å². The third-order valence-corrected chi connectivity index (χ3v) is 1.15. The average molecular weight is 194 g/mol. The van der Waals surface area contributed by atoms with E-state index in [1.807, 2.05) is 0 Å². The molecule has 1 atom stereocenters. The lowest BCUT2D eigenvalue weighted by molar-refractivity contribution is 0.0450. The predicted octanol–water partition coefficient (Wildman–Crippen LogP) is -1.13. The largest absolute Gasteiger partial charge is 0.508 e. The van der Waals surface area contributed by atoms with Crippen LogP contribution in [-0.4, -0.2) is 53.5 Å². The third-order valence-electron chi connectivity index (χ3n) is 1.15. The van der Waals surface area contributed by atoms with Gasteiger partial charge in [0.1, 0.15) is 18.8 Å². The van der Waals surface area contributed by atoms with Gasteiger partial charge in [-0.25, -0.2) is 4.79 Å². The molecule has 0 aromatic rings. The summed E-state index contributed by atoms with van der Waals surface area (Å²) in [7, 11) is 0. The Hall–Kier alpha value is -0.850. The first-order valence-electron chi connectivity index (χ1n) is 3.83. The normalized spacial score (nSPS) is 20.4. The summed E-state index contributed by atoms with van der Waals surface area (Å²) in [5.74, 6) is 0. The molecule has 1 unspecified atom stereocenters. The predicted molar refractivity (Wildman–Crippen MR) is 42.1 cm³/mol. The second-order valence-electron chi connectivity index (χ2n) is 2.51. The van der Waals surface area contributed by atoms with E-state index in [0.29, 0.717) is 6.61 Å². The maximum atomic E-state index is 10.0. The zero-order valence-corrected chi connectivity index (χ0v) is 7.34. The van der Waals surface area contributed by atoms with Crippen molar-refractivity contribution in [1.29, 1.82) is 0 Å². The molecule has 1 aliphatic heterocycles. The lowest BCUT2D eigenvalue weighted by Gasteiger charge is -1.96. The van der Waals surface area contributed by atoms with Gasteiger partial charge < -0.3 is 24.8 Å². The first kappa shape index (κ1) is 12.2. The van der Waals surface area contributed by atoms with Gasteiger partial charge in [-0.3, -0.25) is 0 Å². The molecule has 0 radical (unpaired) electrons. The zero-order valence-electron chi connectivity index (χ0n) is 7.34. The number of rotatable bonds is 2. The highest BCUT2D eigenvalue weighted by Gasteiger charge is 2.19. The van der Waals surface area contributed by atoms with Crippen molar-refractivity contribution in [3.63, 3.8) is 0 Å². The molecule has 0 aromatic carbocycles. The molecule has 6 heteroatoms. The van der Waals surface area contributed by atoms with E-state index in [2.05, 4.69) is 9.47 Å². The Balaban J connectivity index is 0.000000226. The van der Waals surface area contributed by atoms with Gasteiger partial charge in [-0.15, -0.1) is 0 Å². The summed E-state index contributed by atoms with van der Waals surface area (Å²) < 4.78 is 8.90. The van der Waals surface area contributed by atoms with Crippen molar-refractivity contribution in [1.82, 2.24) is 0 Å². The van der Waals surface area contributed by atoms with Gasteiger partial charge in [-0.2, -0.15) is 0 Å². The fourth-order valence-electron chi connectivity index (χ4n) is 0.475. The summed E-state index contributed by atoms with van der Waals surface area (Å²) >= 11 is 0. The lowest BCUT2D eigenvalue weighted by Crippen LogP contribution is -2.15. The van der Waals surface area contributed by atoms with Gasteiger partial charge in [-0.05, 0) is 6.92 Å². The fraction of sp³-hybridized carbons (Fsp3) is 0.857. The molecule has 1 fully saturated rings. The number of hydrogen-bond acceptors (Lipinski definition) is 6. The molecule has 78 valence electrons. The fourth-order valence-corrected chi connectivity index (χ4v) is 0.475. The highest BCUT2D eigenvalue weighted by atomic mass is 16.8. The molecule has 13 heavy (non-hydrogen) atoms.